The molecule has 1 unspecified atom stereocenters. The van der Waals surface area contributed by atoms with E-state index in [9.17, 15) is 0 Å². The van der Waals surface area contributed by atoms with Gasteiger partial charge in [-0.3, -0.25) is 4.68 Å². The van der Waals surface area contributed by atoms with Gasteiger partial charge >= 0.3 is 0 Å². The second-order valence-electron chi connectivity index (χ2n) is 5.72. The van der Waals surface area contributed by atoms with Crippen molar-refractivity contribution in [1.29, 1.82) is 0 Å². The zero-order valence-corrected chi connectivity index (χ0v) is 12.1. The van der Waals surface area contributed by atoms with Gasteiger partial charge < -0.3 is 10.4 Å². The van der Waals surface area contributed by atoms with E-state index < -0.39 is 0 Å². The fraction of sp³-hybridized carbons (Fsp3) is 0.786. The van der Waals surface area contributed by atoms with Crippen LogP contribution in [0.5, 0.6) is 0 Å². The van der Waals surface area contributed by atoms with Crippen molar-refractivity contribution in [2.24, 2.45) is 5.41 Å². The Bertz CT molecular complexity index is 347. The predicted molar refractivity (Wildman–Crippen MR) is 74.4 cm³/mol. The monoisotopic (exact) mass is 253 g/mol. The Morgan fingerprint density at radius 2 is 2.22 bits per heavy atom. The van der Waals surface area contributed by atoms with Crippen LogP contribution in [-0.4, -0.2) is 28.0 Å². The Kier molecular flexibility index (Phi) is 5.82. The van der Waals surface area contributed by atoms with Gasteiger partial charge in [0.2, 0.25) is 0 Å². The van der Waals surface area contributed by atoms with Crippen LogP contribution in [0, 0.1) is 5.41 Å². The number of aromatic nitrogens is 2. The van der Waals surface area contributed by atoms with Crippen molar-refractivity contribution in [3.05, 3.63) is 18.0 Å². The quantitative estimate of drug-likeness (QED) is 0.747. The summed E-state index contributed by atoms with van der Waals surface area (Å²) < 4.78 is 1.95. The Balaban J connectivity index is 2.42. The van der Waals surface area contributed by atoms with Crippen molar-refractivity contribution in [3.8, 4) is 0 Å². The predicted octanol–water partition coefficient (Wildman–Crippen LogP) is 2.35. The van der Waals surface area contributed by atoms with Crippen LogP contribution in [-0.2, 0) is 6.54 Å². The van der Waals surface area contributed by atoms with Crippen molar-refractivity contribution < 1.29 is 5.11 Å². The van der Waals surface area contributed by atoms with Gasteiger partial charge in [0.25, 0.3) is 0 Å². The highest BCUT2D eigenvalue weighted by Gasteiger charge is 2.18. The molecule has 0 saturated heterocycles. The van der Waals surface area contributed by atoms with E-state index in [1.54, 1.807) is 0 Å². The SMILES string of the molecule is CCn1cc(C(C)NCC(C)(C)CCCO)cn1. The standard InChI is InChI=1S/C14H27N3O/c1-5-17-10-13(9-16-17)12(2)15-11-14(3,4)7-6-8-18/h9-10,12,15,18H,5-8,11H2,1-4H3. The summed E-state index contributed by atoms with van der Waals surface area (Å²) in [7, 11) is 0. The highest BCUT2D eigenvalue weighted by Crippen LogP contribution is 2.22. The number of aryl methyl sites for hydroxylation is 1. The van der Waals surface area contributed by atoms with Crippen LogP contribution in [0.3, 0.4) is 0 Å². The summed E-state index contributed by atoms with van der Waals surface area (Å²) >= 11 is 0. The fourth-order valence-corrected chi connectivity index (χ4v) is 1.97. The molecular weight excluding hydrogens is 226 g/mol. The number of aliphatic hydroxyl groups is 1. The zero-order valence-electron chi connectivity index (χ0n) is 12.1. The van der Waals surface area contributed by atoms with Crippen molar-refractivity contribution in [2.75, 3.05) is 13.2 Å². The Labute approximate surface area is 110 Å². The van der Waals surface area contributed by atoms with E-state index in [2.05, 4.69) is 44.3 Å². The maximum absolute atomic E-state index is 8.88. The van der Waals surface area contributed by atoms with Gasteiger partial charge in [-0.1, -0.05) is 13.8 Å². The number of rotatable bonds is 8. The number of aliphatic hydroxyl groups excluding tert-OH is 1. The van der Waals surface area contributed by atoms with Gasteiger partial charge in [-0.15, -0.1) is 0 Å². The third kappa shape index (κ3) is 4.78. The van der Waals surface area contributed by atoms with Crippen molar-refractivity contribution >= 4 is 0 Å². The number of hydrogen-bond donors (Lipinski definition) is 2. The first-order valence-corrected chi connectivity index (χ1v) is 6.85. The van der Waals surface area contributed by atoms with E-state index in [-0.39, 0.29) is 12.0 Å². The molecule has 0 spiro atoms. The topological polar surface area (TPSA) is 50.1 Å². The van der Waals surface area contributed by atoms with Crippen LogP contribution in [0.2, 0.25) is 0 Å². The minimum Gasteiger partial charge on any atom is -0.396 e. The third-order valence-electron chi connectivity index (χ3n) is 3.38. The molecule has 104 valence electrons. The summed E-state index contributed by atoms with van der Waals surface area (Å²) in [4.78, 5) is 0. The molecule has 0 aliphatic carbocycles. The number of nitrogens with zero attached hydrogens (tertiary/aromatic N) is 2. The van der Waals surface area contributed by atoms with E-state index >= 15 is 0 Å². The molecule has 1 heterocycles. The van der Waals surface area contributed by atoms with Crippen LogP contribution < -0.4 is 5.32 Å². The van der Waals surface area contributed by atoms with Crippen molar-refractivity contribution in [1.82, 2.24) is 15.1 Å². The molecule has 18 heavy (non-hydrogen) atoms. The normalized spacial score (nSPS) is 13.8. The lowest BCUT2D eigenvalue weighted by atomic mass is 9.87. The van der Waals surface area contributed by atoms with Crippen LogP contribution >= 0.6 is 0 Å². The molecule has 0 amide bonds. The Hall–Kier alpha value is -0.870. The molecule has 1 atom stereocenters. The largest absolute Gasteiger partial charge is 0.396 e. The third-order valence-corrected chi connectivity index (χ3v) is 3.38. The highest BCUT2D eigenvalue weighted by atomic mass is 16.2. The van der Waals surface area contributed by atoms with Crippen molar-refractivity contribution in [3.63, 3.8) is 0 Å². The molecule has 0 bridgehead atoms. The Morgan fingerprint density at radius 3 is 2.78 bits per heavy atom. The molecule has 4 heteroatoms. The van der Waals surface area contributed by atoms with Crippen LogP contribution in [0.4, 0.5) is 0 Å². The summed E-state index contributed by atoms with van der Waals surface area (Å²) in [5.74, 6) is 0. The Morgan fingerprint density at radius 1 is 1.50 bits per heavy atom. The average molecular weight is 253 g/mol. The first kappa shape index (κ1) is 15.2. The molecule has 0 fully saturated rings. The summed E-state index contributed by atoms with van der Waals surface area (Å²) in [6.45, 7) is 10.9. The number of nitrogens with one attached hydrogen (secondary N) is 1. The lowest BCUT2D eigenvalue weighted by molar-refractivity contribution is 0.233. The second-order valence-corrected chi connectivity index (χ2v) is 5.72. The molecule has 0 aliphatic heterocycles. The molecule has 1 aromatic heterocycles. The van der Waals surface area contributed by atoms with Gasteiger partial charge in [0.15, 0.2) is 0 Å². The van der Waals surface area contributed by atoms with Gasteiger partial charge in [0.05, 0.1) is 6.20 Å². The van der Waals surface area contributed by atoms with Gasteiger partial charge in [0.1, 0.15) is 0 Å². The second kappa shape index (κ2) is 6.90. The molecule has 0 aliphatic rings. The van der Waals surface area contributed by atoms with Gasteiger partial charge in [-0.05, 0) is 32.1 Å². The van der Waals surface area contributed by atoms with E-state index in [1.165, 1.54) is 5.56 Å². The summed E-state index contributed by atoms with van der Waals surface area (Å²) in [5, 5.41) is 16.7. The van der Waals surface area contributed by atoms with Gasteiger partial charge in [-0.2, -0.15) is 5.10 Å². The molecule has 1 rings (SSSR count). The first-order valence-electron chi connectivity index (χ1n) is 6.85. The summed E-state index contributed by atoms with van der Waals surface area (Å²) in [5.41, 5.74) is 1.45. The summed E-state index contributed by atoms with van der Waals surface area (Å²) in [6, 6.07) is 0.318. The average Bonchev–Trinajstić information content (AvgIpc) is 2.82. The maximum atomic E-state index is 8.88. The molecule has 0 saturated carbocycles. The molecular formula is C14H27N3O. The molecule has 2 N–H and O–H groups in total. The van der Waals surface area contributed by atoms with Gasteiger partial charge in [0, 0.05) is 37.5 Å². The highest BCUT2D eigenvalue weighted by molar-refractivity contribution is 5.09. The molecule has 0 aromatic carbocycles. The van der Waals surface area contributed by atoms with E-state index in [0.717, 1.165) is 25.9 Å². The minimum atomic E-state index is 0.220. The smallest absolute Gasteiger partial charge is 0.0537 e. The maximum Gasteiger partial charge on any atom is 0.0537 e. The lowest BCUT2D eigenvalue weighted by Gasteiger charge is -2.26. The van der Waals surface area contributed by atoms with Crippen LogP contribution in [0.15, 0.2) is 12.4 Å². The summed E-state index contributed by atoms with van der Waals surface area (Å²) in [6.07, 6.45) is 5.94. The van der Waals surface area contributed by atoms with E-state index in [4.69, 9.17) is 5.11 Å². The molecule has 1 aromatic rings. The van der Waals surface area contributed by atoms with E-state index in [1.807, 2.05) is 10.9 Å². The fourth-order valence-electron chi connectivity index (χ4n) is 1.97. The zero-order chi connectivity index (χ0) is 13.6. The lowest BCUT2D eigenvalue weighted by Crippen LogP contribution is -2.31. The molecule has 0 radical (unpaired) electrons. The molecule has 4 nitrogen and oxygen atoms in total. The minimum absolute atomic E-state index is 0.220. The van der Waals surface area contributed by atoms with Crippen LogP contribution in [0.25, 0.3) is 0 Å². The van der Waals surface area contributed by atoms with E-state index in [0.29, 0.717) is 6.04 Å². The van der Waals surface area contributed by atoms with Crippen molar-refractivity contribution in [2.45, 2.75) is 53.1 Å². The van der Waals surface area contributed by atoms with Crippen LogP contribution in [0.1, 0.15) is 52.1 Å². The van der Waals surface area contributed by atoms with Gasteiger partial charge in [-0.25, -0.2) is 0 Å². The number of hydrogen-bond acceptors (Lipinski definition) is 3. The first-order chi connectivity index (χ1) is 8.48.